The van der Waals surface area contributed by atoms with Crippen molar-refractivity contribution in [2.75, 3.05) is 8.86 Å². The molecule has 1 aliphatic heterocycles. The molecule has 0 aromatic rings. The van der Waals surface area contributed by atoms with Gasteiger partial charge in [-0.15, -0.1) is 0 Å². The molecule has 1 unspecified atom stereocenters. The van der Waals surface area contributed by atoms with E-state index < -0.39 is 0 Å². The van der Waals surface area contributed by atoms with Crippen LogP contribution < -0.4 is 21.2 Å². The van der Waals surface area contributed by atoms with Crippen LogP contribution in [0.2, 0.25) is 0 Å². The quantitative estimate of drug-likeness (QED) is 0.357. The summed E-state index contributed by atoms with van der Waals surface area (Å²) in [6.07, 6.45) is 1.52. The number of hydrogen-bond donors (Lipinski definition) is 0. The van der Waals surface area contributed by atoms with E-state index in [2.05, 4.69) is 13.8 Å². The first-order valence-corrected chi connectivity index (χ1v) is 6.39. The summed E-state index contributed by atoms with van der Waals surface area (Å²) < 4.78 is 3.17. The SMILES string of the molecule is CC1CC[I-]C[C@H]1C. The van der Waals surface area contributed by atoms with Crippen LogP contribution in [0.3, 0.4) is 0 Å². The molecule has 1 heteroatoms. The van der Waals surface area contributed by atoms with E-state index in [4.69, 9.17) is 0 Å². The van der Waals surface area contributed by atoms with E-state index in [1.54, 1.807) is 8.86 Å². The van der Waals surface area contributed by atoms with Crippen molar-refractivity contribution in [1.29, 1.82) is 0 Å². The van der Waals surface area contributed by atoms with Crippen LogP contribution in [-0.4, -0.2) is 8.86 Å². The topological polar surface area (TPSA) is 0 Å². The Hall–Kier alpha value is 0.730. The molecule has 1 aliphatic rings. The molecule has 0 aromatic carbocycles. The van der Waals surface area contributed by atoms with Crippen molar-refractivity contribution in [3.8, 4) is 0 Å². The van der Waals surface area contributed by atoms with Gasteiger partial charge in [-0.3, -0.25) is 0 Å². The standard InChI is InChI=1S/C7H14I/c1-6-3-4-8-5-7(6)2/h6-7H,3-5H2,1-2H3/q-1/t6?,7-/m1/s1. The monoisotopic (exact) mass is 225 g/mol. The molecule has 1 heterocycles. The zero-order valence-corrected chi connectivity index (χ0v) is 7.81. The molecule has 50 valence electrons. The molecule has 1 saturated heterocycles. The molecule has 0 N–H and O–H groups in total. The van der Waals surface area contributed by atoms with Crippen LogP contribution in [0.25, 0.3) is 0 Å². The first-order valence-electron chi connectivity index (χ1n) is 3.34. The molecule has 0 radical (unpaired) electrons. The van der Waals surface area contributed by atoms with Crippen molar-refractivity contribution in [2.24, 2.45) is 11.8 Å². The summed E-state index contributed by atoms with van der Waals surface area (Å²) in [6.45, 7) is 4.80. The predicted octanol–water partition coefficient (Wildman–Crippen LogP) is -1.25. The van der Waals surface area contributed by atoms with Crippen LogP contribution in [0.4, 0.5) is 0 Å². The Kier molecular flexibility index (Phi) is 2.60. The molecule has 0 bridgehead atoms. The fourth-order valence-electron chi connectivity index (χ4n) is 0.935. The molecule has 1 rings (SSSR count). The first kappa shape index (κ1) is 6.84. The minimum atomic E-state index is 0.647. The zero-order chi connectivity index (χ0) is 5.98. The van der Waals surface area contributed by atoms with Crippen LogP contribution in [0.1, 0.15) is 20.3 Å². The summed E-state index contributed by atoms with van der Waals surface area (Å²) in [4.78, 5) is 0. The van der Waals surface area contributed by atoms with Crippen molar-refractivity contribution in [3.05, 3.63) is 0 Å². The number of hydrogen-bond acceptors (Lipinski definition) is 0. The Morgan fingerprint density at radius 2 is 2.00 bits per heavy atom. The molecule has 0 amide bonds. The van der Waals surface area contributed by atoms with E-state index in [9.17, 15) is 0 Å². The number of halogens is 1. The summed E-state index contributed by atoms with van der Waals surface area (Å²) >= 11 is 0.647. The minimum absolute atomic E-state index is 0.647. The van der Waals surface area contributed by atoms with Crippen LogP contribution in [0.15, 0.2) is 0 Å². The van der Waals surface area contributed by atoms with Gasteiger partial charge in [0.1, 0.15) is 0 Å². The van der Waals surface area contributed by atoms with Crippen LogP contribution in [0.5, 0.6) is 0 Å². The summed E-state index contributed by atoms with van der Waals surface area (Å²) in [7, 11) is 0. The maximum atomic E-state index is 2.41. The van der Waals surface area contributed by atoms with Crippen molar-refractivity contribution in [2.45, 2.75) is 20.3 Å². The average molecular weight is 225 g/mol. The Labute approximate surface area is 62.3 Å². The Morgan fingerprint density at radius 1 is 1.25 bits per heavy atom. The van der Waals surface area contributed by atoms with Gasteiger partial charge in [0.05, 0.1) is 0 Å². The van der Waals surface area contributed by atoms with Gasteiger partial charge in [-0.1, -0.05) is 0 Å². The Bertz CT molecular complexity index is 60.8. The third-order valence-electron chi connectivity index (χ3n) is 2.02. The fraction of sp³-hybridized carbons (Fsp3) is 1.00. The van der Waals surface area contributed by atoms with E-state index in [0.29, 0.717) is 21.2 Å². The normalized spacial score (nSPS) is 40.8. The van der Waals surface area contributed by atoms with E-state index in [-0.39, 0.29) is 0 Å². The van der Waals surface area contributed by atoms with Gasteiger partial charge >= 0.3 is 62.2 Å². The van der Waals surface area contributed by atoms with Gasteiger partial charge in [0, 0.05) is 0 Å². The van der Waals surface area contributed by atoms with Gasteiger partial charge in [-0.05, 0) is 0 Å². The molecular weight excluding hydrogens is 211 g/mol. The molecular formula is C7H14I-. The van der Waals surface area contributed by atoms with Gasteiger partial charge in [-0.2, -0.15) is 0 Å². The third-order valence-corrected chi connectivity index (χ3v) is 5.42. The molecule has 8 heavy (non-hydrogen) atoms. The summed E-state index contributed by atoms with van der Waals surface area (Å²) in [5.74, 6) is 2.08. The molecule has 0 nitrogen and oxygen atoms in total. The first-order chi connectivity index (χ1) is 3.80. The molecule has 0 saturated carbocycles. The van der Waals surface area contributed by atoms with Gasteiger partial charge in [0.15, 0.2) is 0 Å². The second-order valence-electron chi connectivity index (χ2n) is 2.78. The van der Waals surface area contributed by atoms with Crippen molar-refractivity contribution in [3.63, 3.8) is 0 Å². The van der Waals surface area contributed by atoms with E-state index in [0.717, 1.165) is 11.8 Å². The van der Waals surface area contributed by atoms with Gasteiger partial charge in [0.25, 0.3) is 0 Å². The summed E-state index contributed by atoms with van der Waals surface area (Å²) in [6, 6.07) is 0. The van der Waals surface area contributed by atoms with Gasteiger partial charge in [-0.25, -0.2) is 0 Å². The molecule has 0 aromatic heterocycles. The van der Waals surface area contributed by atoms with Gasteiger partial charge in [0.2, 0.25) is 0 Å². The van der Waals surface area contributed by atoms with Crippen molar-refractivity contribution >= 4 is 0 Å². The van der Waals surface area contributed by atoms with Crippen molar-refractivity contribution in [1.82, 2.24) is 0 Å². The third kappa shape index (κ3) is 1.61. The Balaban J connectivity index is 2.28. The second-order valence-corrected chi connectivity index (χ2v) is 5.81. The number of alkyl halides is 2. The maximum absolute atomic E-state index is 2.41. The summed E-state index contributed by atoms with van der Waals surface area (Å²) in [5.41, 5.74) is 0. The summed E-state index contributed by atoms with van der Waals surface area (Å²) in [5, 5.41) is 0. The Morgan fingerprint density at radius 3 is 2.38 bits per heavy atom. The fourth-order valence-corrected chi connectivity index (χ4v) is 4.65. The van der Waals surface area contributed by atoms with Crippen LogP contribution in [0, 0.1) is 11.8 Å². The molecule has 0 aliphatic carbocycles. The van der Waals surface area contributed by atoms with Gasteiger partial charge < -0.3 is 0 Å². The average Bonchev–Trinajstić information content (AvgIpc) is 1.77. The van der Waals surface area contributed by atoms with Crippen LogP contribution in [-0.2, 0) is 0 Å². The molecule has 2 atom stereocenters. The molecule has 1 fully saturated rings. The van der Waals surface area contributed by atoms with Crippen molar-refractivity contribution < 1.29 is 21.2 Å². The van der Waals surface area contributed by atoms with E-state index in [1.165, 1.54) is 6.42 Å². The number of rotatable bonds is 0. The zero-order valence-electron chi connectivity index (χ0n) is 5.65. The van der Waals surface area contributed by atoms with Crippen LogP contribution >= 0.6 is 0 Å². The predicted molar refractivity (Wildman–Crippen MR) is 32.7 cm³/mol. The molecule has 0 spiro atoms. The second kappa shape index (κ2) is 3.04. The van der Waals surface area contributed by atoms with E-state index >= 15 is 0 Å². The van der Waals surface area contributed by atoms with E-state index in [1.807, 2.05) is 0 Å².